The number of hydrogen-bond acceptors (Lipinski definition) is 6. The topological polar surface area (TPSA) is 231 Å². The van der Waals surface area contributed by atoms with E-state index in [4.69, 9.17) is 17.2 Å². The highest BCUT2D eigenvalue weighted by molar-refractivity contribution is 5.95. The van der Waals surface area contributed by atoms with Crippen LogP contribution in [-0.4, -0.2) is 70.5 Å². The van der Waals surface area contributed by atoms with E-state index in [1.807, 2.05) is 56.3 Å². The first kappa shape index (κ1) is 34.6. The molecule has 0 fully saturated rings. The molecule has 0 bridgehead atoms. The number of rotatable bonds is 17. The van der Waals surface area contributed by atoms with Crippen molar-refractivity contribution in [1.82, 2.24) is 20.9 Å². The molecule has 1 heterocycles. The third-order valence-corrected chi connectivity index (χ3v) is 7.27. The van der Waals surface area contributed by atoms with Crippen LogP contribution in [0.2, 0.25) is 0 Å². The molecule has 4 atom stereocenters. The average molecular weight is 621 g/mol. The lowest BCUT2D eigenvalue weighted by Crippen LogP contribution is -2.58. The second kappa shape index (κ2) is 16.8. The van der Waals surface area contributed by atoms with Gasteiger partial charge in [0.2, 0.25) is 17.7 Å². The number of aliphatic carboxylic acids is 1. The standard InChI is InChI=1S/C32H44N8O5/c1-19(2)15-27(31(44)45)40-29(42)25(16-20-9-4-3-5-10-20)39-30(43)26(17-21-18-37-24-13-7-6-11-22(21)24)38-28(41)23(33)12-8-14-36-32(34)35/h3-7,9-11,13,18-19,23,25-27,37H,8,12,14-17,33H2,1-2H3,(H,38,41)(H,39,43)(H,40,42)(H,44,45)(H4,34,35,36). The van der Waals surface area contributed by atoms with Crippen molar-refractivity contribution in [2.24, 2.45) is 28.1 Å². The van der Waals surface area contributed by atoms with Crippen molar-refractivity contribution in [3.8, 4) is 0 Å². The lowest BCUT2D eigenvalue weighted by atomic mass is 10.00. The van der Waals surface area contributed by atoms with Gasteiger partial charge in [-0.2, -0.15) is 0 Å². The summed E-state index contributed by atoms with van der Waals surface area (Å²) in [5.74, 6) is -3.03. The maximum Gasteiger partial charge on any atom is 0.326 e. The molecule has 0 spiro atoms. The number of carboxylic acid groups (broad SMARTS) is 1. The van der Waals surface area contributed by atoms with Crippen LogP contribution in [0.3, 0.4) is 0 Å². The summed E-state index contributed by atoms with van der Waals surface area (Å²) in [4.78, 5) is 59.5. The number of carbonyl (C=O) groups is 4. The maximum atomic E-state index is 13.9. The third-order valence-electron chi connectivity index (χ3n) is 7.27. The van der Waals surface area contributed by atoms with Crippen LogP contribution in [0.4, 0.5) is 0 Å². The minimum absolute atomic E-state index is 0.00741. The van der Waals surface area contributed by atoms with Crippen molar-refractivity contribution in [3.63, 3.8) is 0 Å². The molecule has 3 amide bonds. The number of carbonyl (C=O) groups excluding carboxylic acids is 3. The van der Waals surface area contributed by atoms with Crippen molar-refractivity contribution in [3.05, 3.63) is 71.9 Å². The number of carboxylic acids is 1. The number of benzene rings is 2. The Morgan fingerprint density at radius 2 is 1.44 bits per heavy atom. The highest BCUT2D eigenvalue weighted by atomic mass is 16.4. The molecule has 0 saturated carbocycles. The highest BCUT2D eigenvalue weighted by Crippen LogP contribution is 2.19. The minimum atomic E-state index is -1.17. The summed E-state index contributed by atoms with van der Waals surface area (Å²) in [5.41, 5.74) is 19.3. The van der Waals surface area contributed by atoms with Gasteiger partial charge in [-0.05, 0) is 42.4 Å². The van der Waals surface area contributed by atoms with E-state index in [1.54, 1.807) is 18.3 Å². The number of para-hydroxylation sites is 1. The lowest BCUT2D eigenvalue weighted by molar-refractivity contribution is -0.142. The predicted molar refractivity (Wildman–Crippen MR) is 173 cm³/mol. The van der Waals surface area contributed by atoms with E-state index in [0.717, 1.165) is 22.0 Å². The molecule has 3 aromatic rings. The number of hydrogen-bond donors (Lipinski definition) is 8. The van der Waals surface area contributed by atoms with Crippen LogP contribution in [0, 0.1) is 5.92 Å². The summed E-state index contributed by atoms with van der Waals surface area (Å²) >= 11 is 0. The van der Waals surface area contributed by atoms with Crippen LogP contribution in [0.15, 0.2) is 65.8 Å². The number of nitrogens with one attached hydrogen (secondary N) is 4. The Hall–Kier alpha value is -4.91. The number of aromatic nitrogens is 1. The van der Waals surface area contributed by atoms with Gasteiger partial charge in [0.1, 0.15) is 18.1 Å². The Balaban J connectivity index is 1.85. The molecule has 13 nitrogen and oxygen atoms in total. The molecule has 4 unspecified atom stereocenters. The largest absolute Gasteiger partial charge is 0.480 e. The van der Waals surface area contributed by atoms with E-state index in [2.05, 4.69) is 25.9 Å². The highest BCUT2D eigenvalue weighted by Gasteiger charge is 2.31. The molecule has 0 radical (unpaired) electrons. The van der Waals surface area contributed by atoms with Crippen molar-refractivity contribution < 1.29 is 24.3 Å². The minimum Gasteiger partial charge on any atom is -0.480 e. The molecule has 45 heavy (non-hydrogen) atoms. The molecule has 0 aliphatic carbocycles. The Bertz CT molecular complexity index is 1470. The summed E-state index contributed by atoms with van der Waals surface area (Å²) in [6.45, 7) is 4.01. The van der Waals surface area contributed by atoms with Gasteiger partial charge in [0.15, 0.2) is 5.96 Å². The molecule has 0 aliphatic rings. The fourth-order valence-electron chi connectivity index (χ4n) is 4.96. The Morgan fingerprint density at radius 3 is 2.09 bits per heavy atom. The van der Waals surface area contributed by atoms with E-state index in [-0.39, 0.29) is 37.6 Å². The van der Waals surface area contributed by atoms with Gasteiger partial charge in [0.25, 0.3) is 0 Å². The molecular weight excluding hydrogens is 576 g/mol. The van der Waals surface area contributed by atoms with Crippen molar-refractivity contribution in [2.45, 2.75) is 70.1 Å². The fourth-order valence-corrected chi connectivity index (χ4v) is 4.96. The monoisotopic (exact) mass is 620 g/mol. The zero-order valence-electron chi connectivity index (χ0n) is 25.7. The first-order chi connectivity index (χ1) is 21.4. The van der Waals surface area contributed by atoms with E-state index < -0.39 is 47.9 Å². The van der Waals surface area contributed by atoms with Crippen molar-refractivity contribution >= 4 is 40.6 Å². The normalized spacial score (nSPS) is 13.8. The van der Waals surface area contributed by atoms with Crippen molar-refractivity contribution in [1.29, 1.82) is 0 Å². The number of nitrogens with zero attached hydrogens (tertiary/aromatic N) is 1. The number of H-pyrrole nitrogens is 1. The number of nitrogens with two attached hydrogens (primary N) is 3. The average Bonchev–Trinajstić information content (AvgIpc) is 3.40. The first-order valence-electron chi connectivity index (χ1n) is 15.0. The van der Waals surface area contributed by atoms with E-state index in [0.29, 0.717) is 13.0 Å². The second-order valence-electron chi connectivity index (χ2n) is 11.5. The van der Waals surface area contributed by atoms with Crippen LogP contribution < -0.4 is 33.2 Å². The van der Waals surface area contributed by atoms with Gasteiger partial charge in [-0.25, -0.2) is 4.79 Å². The summed E-state index contributed by atoms with van der Waals surface area (Å²) in [7, 11) is 0. The SMILES string of the molecule is CC(C)CC(NC(=O)C(Cc1ccccc1)NC(=O)C(Cc1c[nH]c2ccccc12)NC(=O)C(N)CCCN=C(N)N)C(=O)O. The molecule has 13 heteroatoms. The zero-order valence-corrected chi connectivity index (χ0v) is 25.7. The van der Waals surface area contributed by atoms with E-state index in [9.17, 15) is 24.3 Å². The molecule has 11 N–H and O–H groups in total. The van der Waals surface area contributed by atoms with Gasteiger partial charge in [-0.1, -0.05) is 62.4 Å². The smallest absolute Gasteiger partial charge is 0.326 e. The zero-order chi connectivity index (χ0) is 32.9. The van der Waals surface area contributed by atoms with Crippen LogP contribution in [0.25, 0.3) is 10.9 Å². The van der Waals surface area contributed by atoms with Gasteiger partial charge >= 0.3 is 5.97 Å². The summed E-state index contributed by atoms with van der Waals surface area (Å²) in [5, 5.41) is 18.7. The summed E-state index contributed by atoms with van der Waals surface area (Å²) in [6, 6.07) is 12.3. The van der Waals surface area contributed by atoms with Gasteiger partial charge in [-0.15, -0.1) is 0 Å². The number of guanidine groups is 1. The van der Waals surface area contributed by atoms with Crippen molar-refractivity contribution in [2.75, 3.05) is 6.54 Å². The molecule has 0 saturated heterocycles. The fraction of sp³-hybridized carbons (Fsp3) is 0.406. The molecular formula is C32H44N8O5. The van der Waals surface area contributed by atoms with Gasteiger partial charge < -0.3 is 43.2 Å². The Morgan fingerprint density at radius 1 is 0.844 bits per heavy atom. The lowest BCUT2D eigenvalue weighted by Gasteiger charge is -2.26. The Kier molecular flexibility index (Phi) is 12.9. The number of aliphatic imine (C=N–C) groups is 1. The number of aromatic amines is 1. The van der Waals surface area contributed by atoms with Crippen LogP contribution >= 0.6 is 0 Å². The third kappa shape index (κ3) is 10.9. The number of amides is 3. The quantitative estimate of drug-likeness (QED) is 0.0613. The van der Waals surface area contributed by atoms with Crippen LogP contribution in [-0.2, 0) is 32.0 Å². The van der Waals surface area contributed by atoms with Gasteiger partial charge in [0, 0.05) is 36.5 Å². The van der Waals surface area contributed by atoms with Gasteiger partial charge in [-0.3, -0.25) is 19.4 Å². The summed E-state index contributed by atoms with van der Waals surface area (Å²) < 4.78 is 0. The first-order valence-corrected chi connectivity index (χ1v) is 15.0. The van der Waals surface area contributed by atoms with E-state index in [1.165, 1.54) is 0 Å². The van der Waals surface area contributed by atoms with E-state index >= 15 is 0 Å². The molecule has 242 valence electrons. The van der Waals surface area contributed by atoms with Gasteiger partial charge in [0.05, 0.1) is 6.04 Å². The molecule has 1 aromatic heterocycles. The molecule has 3 rings (SSSR count). The number of fused-ring (bicyclic) bond motifs is 1. The molecule has 0 aliphatic heterocycles. The Labute approximate surface area is 262 Å². The molecule has 2 aromatic carbocycles. The second-order valence-corrected chi connectivity index (χ2v) is 11.5. The van der Waals surface area contributed by atoms with Crippen LogP contribution in [0.1, 0.15) is 44.2 Å². The predicted octanol–water partition coefficient (Wildman–Crippen LogP) is 0.919. The summed E-state index contributed by atoms with van der Waals surface area (Å²) in [6.07, 6.45) is 2.91. The van der Waals surface area contributed by atoms with Crippen LogP contribution in [0.5, 0.6) is 0 Å². The maximum absolute atomic E-state index is 13.9.